The van der Waals surface area contributed by atoms with Crippen LogP contribution in [0.15, 0.2) is 83.3 Å². The maximum Gasteiger partial charge on any atom is 0.271 e. The molecule has 0 aliphatic heterocycles. The summed E-state index contributed by atoms with van der Waals surface area (Å²) in [5.41, 5.74) is 3.09. The lowest BCUT2D eigenvalue weighted by atomic mass is 9.95. The number of aromatic amines is 1. The molecule has 7 heteroatoms. The molecule has 2 N–H and O–H groups in total. The summed E-state index contributed by atoms with van der Waals surface area (Å²) in [6, 6.07) is 23.8. The first kappa shape index (κ1) is 26.4. The molecule has 1 atom stereocenters. The van der Waals surface area contributed by atoms with E-state index in [1.54, 1.807) is 24.1 Å². The number of aryl methyl sites for hydroxylation is 1. The highest BCUT2D eigenvalue weighted by molar-refractivity contribution is 5.97. The number of amides is 2. The average molecular weight is 526 g/mol. The molecule has 2 aromatic heterocycles. The van der Waals surface area contributed by atoms with E-state index in [1.807, 2.05) is 73.7 Å². The van der Waals surface area contributed by atoms with Gasteiger partial charge in [-0.3, -0.25) is 9.59 Å². The summed E-state index contributed by atoms with van der Waals surface area (Å²) in [5, 5.41) is 3.23. The zero-order valence-electron chi connectivity index (χ0n) is 22.5. The number of hydrogen-bond donors (Lipinski definition) is 2. The summed E-state index contributed by atoms with van der Waals surface area (Å²) in [6.07, 6.45) is 5.26. The molecule has 1 aliphatic carbocycles. The second kappa shape index (κ2) is 12.1. The Morgan fingerprint density at radius 2 is 1.72 bits per heavy atom. The van der Waals surface area contributed by atoms with Crippen LogP contribution in [0.1, 0.15) is 65.7 Å². The molecule has 2 amide bonds. The maximum absolute atomic E-state index is 14.2. The third-order valence-corrected chi connectivity index (χ3v) is 7.32. The van der Waals surface area contributed by atoms with Crippen LogP contribution in [0.2, 0.25) is 0 Å². The summed E-state index contributed by atoms with van der Waals surface area (Å²) in [5.74, 6) is 1.33. The smallest absolute Gasteiger partial charge is 0.271 e. The number of methoxy groups -OCH3 is 1. The second-order valence-corrected chi connectivity index (χ2v) is 10.1. The van der Waals surface area contributed by atoms with Crippen molar-refractivity contribution in [3.63, 3.8) is 0 Å². The molecule has 0 bridgehead atoms. The number of benzene rings is 2. The summed E-state index contributed by atoms with van der Waals surface area (Å²) >= 11 is 0. The Morgan fingerprint density at radius 3 is 2.38 bits per heavy atom. The van der Waals surface area contributed by atoms with Crippen LogP contribution in [-0.4, -0.2) is 34.8 Å². The lowest BCUT2D eigenvalue weighted by Gasteiger charge is -2.32. The third-order valence-electron chi connectivity index (χ3n) is 7.32. The topological polar surface area (TPSA) is 87.6 Å². The van der Waals surface area contributed by atoms with Gasteiger partial charge >= 0.3 is 0 Å². The van der Waals surface area contributed by atoms with Gasteiger partial charge in [-0.25, -0.2) is 0 Å². The number of aromatic nitrogens is 1. The first-order valence-electron chi connectivity index (χ1n) is 13.6. The molecular weight excluding hydrogens is 490 g/mol. The molecule has 5 rings (SSSR count). The SMILES string of the molecule is COc1ccc(CN(C(=O)c2ccc(-c3ccccc3)[nH]2)C(C(=O)NC2CCCCC2)c2ccc(C)o2)cc1. The highest BCUT2D eigenvalue weighted by Gasteiger charge is 2.36. The van der Waals surface area contributed by atoms with Crippen molar-refractivity contribution in [3.8, 4) is 17.0 Å². The molecule has 1 saturated carbocycles. The van der Waals surface area contributed by atoms with Crippen molar-refractivity contribution in [1.82, 2.24) is 15.2 Å². The predicted molar refractivity (Wildman–Crippen MR) is 150 cm³/mol. The van der Waals surface area contributed by atoms with Gasteiger partial charge in [-0.05, 0) is 67.3 Å². The van der Waals surface area contributed by atoms with Gasteiger partial charge in [0.15, 0.2) is 6.04 Å². The molecule has 0 saturated heterocycles. The number of ether oxygens (including phenoxy) is 1. The van der Waals surface area contributed by atoms with E-state index in [2.05, 4.69) is 10.3 Å². The first-order chi connectivity index (χ1) is 19.0. The molecule has 4 aromatic rings. The van der Waals surface area contributed by atoms with Crippen LogP contribution in [0, 0.1) is 6.92 Å². The van der Waals surface area contributed by atoms with Gasteiger partial charge in [-0.1, -0.05) is 61.7 Å². The minimum atomic E-state index is -0.932. The zero-order chi connectivity index (χ0) is 27.2. The highest BCUT2D eigenvalue weighted by atomic mass is 16.5. The fraction of sp³-hybridized carbons (Fsp3) is 0.312. The molecule has 1 unspecified atom stereocenters. The molecule has 2 heterocycles. The van der Waals surface area contributed by atoms with Crippen LogP contribution in [0.3, 0.4) is 0 Å². The monoisotopic (exact) mass is 525 g/mol. The largest absolute Gasteiger partial charge is 0.497 e. The maximum atomic E-state index is 14.2. The number of nitrogens with one attached hydrogen (secondary N) is 2. The highest BCUT2D eigenvalue weighted by Crippen LogP contribution is 2.30. The standard InChI is InChI=1S/C32H35N3O4/c1-22-13-20-29(39-22)30(31(36)33-25-11-7-4-8-12-25)35(21-23-14-16-26(38-2)17-15-23)32(37)28-19-18-27(34-28)24-9-5-3-6-10-24/h3,5-6,9-10,13-20,25,30,34H,4,7-8,11-12,21H2,1-2H3,(H,33,36). The van der Waals surface area contributed by atoms with Crippen LogP contribution in [0.4, 0.5) is 0 Å². The fourth-order valence-electron chi connectivity index (χ4n) is 5.22. The Labute approximate surface area is 229 Å². The predicted octanol–water partition coefficient (Wildman–Crippen LogP) is 6.42. The third kappa shape index (κ3) is 6.25. The van der Waals surface area contributed by atoms with E-state index in [0.717, 1.165) is 48.3 Å². The summed E-state index contributed by atoms with van der Waals surface area (Å²) in [4.78, 5) is 33.0. The van der Waals surface area contributed by atoms with E-state index >= 15 is 0 Å². The van der Waals surface area contributed by atoms with E-state index in [4.69, 9.17) is 9.15 Å². The minimum absolute atomic E-state index is 0.0953. The fourth-order valence-corrected chi connectivity index (χ4v) is 5.22. The van der Waals surface area contributed by atoms with E-state index in [-0.39, 0.29) is 24.4 Å². The molecular formula is C32H35N3O4. The van der Waals surface area contributed by atoms with E-state index in [0.29, 0.717) is 17.2 Å². The molecule has 1 aliphatic rings. The summed E-state index contributed by atoms with van der Waals surface area (Å²) in [6.45, 7) is 2.05. The van der Waals surface area contributed by atoms with Crippen LogP contribution in [0.5, 0.6) is 5.75 Å². The van der Waals surface area contributed by atoms with Crippen molar-refractivity contribution >= 4 is 11.8 Å². The second-order valence-electron chi connectivity index (χ2n) is 10.1. The molecule has 2 aromatic carbocycles. The van der Waals surface area contributed by atoms with Gasteiger partial charge in [0.1, 0.15) is 23.0 Å². The normalized spacial score (nSPS) is 14.5. The molecule has 0 radical (unpaired) electrons. The molecule has 202 valence electrons. The number of hydrogen-bond acceptors (Lipinski definition) is 4. The number of furan rings is 1. The lowest BCUT2D eigenvalue weighted by molar-refractivity contribution is -0.127. The van der Waals surface area contributed by atoms with Gasteiger partial charge in [0.05, 0.1) is 7.11 Å². The van der Waals surface area contributed by atoms with Gasteiger partial charge in [0.25, 0.3) is 11.8 Å². The van der Waals surface area contributed by atoms with E-state index in [1.165, 1.54) is 6.42 Å². The van der Waals surface area contributed by atoms with Crippen LogP contribution in [0.25, 0.3) is 11.3 Å². The number of carbonyl (C=O) groups excluding carboxylic acids is 2. The molecule has 7 nitrogen and oxygen atoms in total. The summed E-state index contributed by atoms with van der Waals surface area (Å²) < 4.78 is 11.3. The Morgan fingerprint density at radius 1 is 0.974 bits per heavy atom. The number of nitrogens with zero attached hydrogens (tertiary/aromatic N) is 1. The Hall–Kier alpha value is -4.26. The van der Waals surface area contributed by atoms with Gasteiger partial charge in [-0.15, -0.1) is 0 Å². The van der Waals surface area contributed by atoms with Crippen molar-refractivity contribution < 1.29 is 18.7 Å². The molecule has 0 spiro atoms. The van der Waals surface area contributed by atoms with Crippen LogP contribution in [-0.2, 0) is 11.3 Å². The van der Waals surface area contributed by atoms with Crippen molar-refractivity contribution in [3.05, 3.63) is 102 Å². The van der Waals surface area contributed by atoms with Crippen LogP contribution < -0.4 is 10.1 Å². The Kier molecular flexibility index (Phi) is 8.16. The Balaban J connectivity index is 1.51. The molecule has 39 heavy (non-hydrogen) atoms. The van der Waals surface area contributed by atoms with E-state index < -0.39 is 6.04 Å². The summed E-state index contributed by atoms with van der Waals surface area (Å²) in [7, 11) is 1.62. The average Bonchev–Trinajstić information content (AvgIpc) is 3.63. The van der Waals surface area contributed by atoms with Gasteiger partial charge in [-0.2, -0.15) is 0 Å². The number of carbonyl (C=O) groups is 2. The lowest BCUT2D eigenvalue weighted by Crippen LogP contribution is -2.46. The van der Waals surface area contributed by atoms with Crippen molar-refractivity contribution in [2.45, 2.75) is 57.7 Å². The van der Waals surface area contributed by atoms with Gasteiger partial charge in [0.2, 0.25) is 0 Å². The number of H-pyrrole nitrogens is 1. The van der Waals surface area contributed by atoms with Gasteiger partial charge < -0.3 is 24.4 Å². The van der Waals surface area contributed by atoms with Crippen molar-refractivity contribution in [1.29, 1.82) is 0 Å². The number of rotatable bonds is 9. The van der Waals surface area contributed by atoms with Crippen molar-refractivity contribution in [2.75, 3.05) is 7.11 Å². The van der Waals surface area contributed by atoms with E-state index in [9.17, 15) is 9.59 Å². The van der Waals surface area contributed by atoms with Gasteiger partial charge in [0, 0.05) is 18.3 Å². The zero-order valence-corrected chi connectivity index (χ0v) is 22.5. The minimum Gasteiger partial charge on any atom is -0.497 e. The van der Waals surface area contributed by atoms with Crippen molar-refractivity contribution in [2.24, 2.45) is 0 Å². The quantitative estimate of drug-likeness (QED) is 0.264. The first-order valence-corrected chi connectivity index (χ1v) is 13.6. The van der Waals surface area contributed by atoms with Crippen LogP contribution >= 0.6 is 0 Å². The Bertz CT molecular complexity index is 1380. The molecule has 1 fully saturated rings.